The van der Waals surface area contributed by atoms with E-state index in [0.717, 1.165) is 54.6 Å². The maximum atomic E-state index is 13.6. The van der Waals surface area contributed by atoms with Crippen LogP contribution in [-0.4, -0.2) is 35.8 Å². The molecular weight excluding hydrogens is 392 g/mol. The first-order chi connectivity index (χ1) is 15.3. The van der Waals surface area contributed by atoms with Gasteiger partial charge in [0.2, 0.25) is 18.6 Å². The molecule has 1 amide bonds. The van der Waals surface area contributed by atoms with Crippen molar-refractivity contribution < 1.29 is 14.3 Å². The van der Waals surface area contributed by atoms with Gasteiger partial charge in [0.05, 0.1) is 6.54 Å². The van der Waals surface area contributed by atoms with Crippen molar-refractivity contribution in [1.82, 2.24) is 9.97 Å². The lowest BCUT2D eigenvalue weighted by Crippen LogP contribution is -2.43. The highest BCUT2D eigenvalue weighted by molar-refractivity contribution is 5.95. The molecule has 0 atom stereocenters. The van der Waals surface area contributed by atoms with E-state index in [-0.39, 0.29) is 18.6 Å². The van der Waals surface area contributed by atoms with Gasteiger partial charge < -0.3 is 19.3 Å². The smallest absolute Gasteiger partial charge is 0.231 e. The Hall–Kier alpha value is -3.61. The number of ether oxygens (including phenoxy) is 2. The van der Waals surface area contributed by atoms with Gasteiger partial charge in [0.15, 0.2) is 11.5 Å². The molecule has 1 aromatic heterocycles. The molecule has 2 aliphatic heterocycles. The van der Waals surface area contributed by atoms with Crippen molar-refractivity contribution in [3.05, 3.63) is 72.6 Å². The molecule has 0 radical (unpaired) electrons. The van der Waals surface area contributed by atoms with Gasteiger partial charge in [0, 0.05) is 37.1 Å². The quantitative estimate of drug-likeness (QED) is 0.632. The summed E-state index contributed by atoms with van der Waals surface area (Å²) in [6.45, 7) is 2.27. The minimum atomic E-state index is -0.0332. The molecule has 0 aliphatic carbocycles. The third-order valence-electron chi connectivity index (χ3n) is 5.79. The number of amides is 1. The minimum absolute atomic E-state index is 0.0332. The fourth-order valence-electron chi connectivity index (χ4n) is 4.13. The van der Waals surface area contributed by atoms with Gasteiger partial charge in [-0.15, -0.1) is 0 Å². The van der Waals surface area contributed by atoms with Gasteiger partial charge in [-0.3, -0.25) is 4.79 Å². The topological polar surface area (TPSA) is 67.8 Å². The third-order valence-corrected chi connectivity index (χ3v) is 5.79. The Morgan fingerprint density at radius 2 is 1.71 bits per heavy atom. The van der Waals surface area contributed by atoms with E-state index in [2.05, 4.69) is 14.9 Å². The molecule has 7 heteroatoms. The normalized spacial score (nSPS) is 15.7. The zero-order chi connectivity index (χ0) is 21.0. The van der Waals surface area contributed by atoms with E-state index in [1.165, 1.54) is 0 Å². The zero-order valence-corrected chi connectivity index (χ0v) is 17.2. The monoisotopic (exact) mass is 416 g/mol. The number of piperidine rings is 1. The number of rotatable bonds is 5. The first-order valence-electron chi connectivity index (χ1n) is 10.5. The molecule has 0 N–H and O–H groups in total. The lowest BCUT2D eigenvalue weighted by atomic mass is 9.95. The molecule has 2 aromatic carbocycles. The van der Waals surface area contributed by atoms with Crippen LogP contribution in [0.15, 0.2) is 67.0 Å². The second-order valence-corrected chi connectivity index (χ2v) is 7.76. The highest BCUT2D eigenvalue weighted by Gasteiger charge is 2.30. The zero-order valence-electron chi connectivity index (χ0n) is 17.2. The number of benzene rings is 2. The van der Waals surface area contributed by atoms with Gasteiger partial charge in [-0.2, -0.15) is 0 Å². The van der Waals surface area contributed by atoms with Gasteiger partial charge in [0.25, 0.3) is 0 Å². The molecular formula is C24H24N4O3. The maximum absolute atomic E-state index is 13.6. The summed E-state index contributed by atoms with van der Waals surface area (Å²) in [5.74, 6) is 2.33. The van der Waals surface area contributed by atoms with E-state index in [9.17, 15) is 4.79 Å². The SMILES string of the molecule is O=C(C1CCN(c2ncccn2)CC1)N(Cc1ccc2c(c1)OCO2)c1ccccc1. The standard InChI is InChI=1S/C24H24N4O3/c29-23(19-9-13-27(14-10-19)24-25-11-4-12-26-24)28(20-5-2-1-3-6-20)16-18-7-8-21-22(15-18)31-17-30-21/h1-8,11-12,15,19H,9-10,13-14,16-17H2. The van der Waals surface area contributed by atoms with E-state index in [1.807, 2.05) is 59.5 Å². The summed E-state index contributed by atoms with van der Waals surface area (Å²) in [7, 11) is 0. The predicted molar refractivity (Wildman–Crippen MR) is 117 cm³/mol. The van der Waals surface area contributed by atoms with Crippen LogP contribution in [0.5, 0.6) is 11.5 Å². The molecule has 1 saturated heterocycles. The summed E-state index contributed by atoms with van der Waals surface area (Å²) in [5.41, 5.74) is 1.91. The van der Waals surface area contributed by atoms with Crippen LogP contribution in [0.3, 0.4) is 0 Å². The van der Waals surface area contributed by atoms with Crippen molar-refractivity contribution in [2.45, 2.75) is 19.4 Å². The summed E-state index contributed by atoms with van der Waals surface area (Å²) in [4.78, 5) is 26.3. The van der Waals surface area contributed by atoms with E-state index < -0.39 is 0 Å². The summed E-state index contributed by atoms with van der Waals surface area (Å²) in [5, 5.41) is 0. The Labute approximate surface area is 181 Å². The van der Waals surface area contributed by atoms with Crippen LogP contribution in [-0.2, 0) is 11.3 Å². The highest BCUT2D eigenvalue weighted by Crippen LogP contribution is 2.34. The molecule has 0 unspecified atom stereocenters. The number of carbonyl (C=O) groups is 1. The van der Waals surface area contributed by atoms with Crippen LogP contribution in [0.4, 0.5) is 11.6 Å². The molecule has 5 rings (SSSR count). The van der Waals surface area contributed by atoms with Crippen molar-refractivity contribution in [3.8, 4) is 11.5 Å². The molecule has 158 valence electrons. The van der Waals surface area contributed by atoms with E-state index in [4.69, 9.17) is 9.47 Å². The van der Waals surface area contributed by atoms with Crippen molar-refractivity contribution in [1.29, 1.82) is 0 Å². The summed E-state index contributed by atoms with van der Waals surface area (Å²) in [6.07, 6.45) is 5.06. The van der Waals surface area contributed by atoms with Crippen LogP contribution < -0.4 is 19.3 Å². The molecule has 0 saturated carbocycles. The summed E-state index contributed by atoms with van der Waals surface area (Å²) in [6, 6.07) is 17.5. The van der Waals surface area contributed by atoms with E-state index >= 15 is 0 Å². The summed E-state index contributed by atoms with van der Waals surface area (Å²) >= 11 is 0. The summed E-state index contributed by atoms with van der Waals surface area (Å²) < 4.78 is 10.9. The van der Waals surface area contributed by atoms with Gasteiger partial charge in [-0.05, 0) is 48.7 Å². The fourth-order valence-corrected chi connectivity index (χ4v) is 4.13. The number of fused-ring (bicyclic) bond motifs is 1. The molecule has 31 heavy (non-hydrogen) atoms. The van der Waals surface area contributed by atoms with Crippen LogP contribution in [0.2, 0.25) is 0 Å². The Morgan fingerprint density at radius 1 is 0.968 bits per heavy atom. The van der Waals surface area contributed by atoms with Crippen molar-refractivity contribution >= 4 is 17.5 Å². The number of hydrogen-bond donors (Lipinski definition) is 0. The Kier molecular flexibility index (Phi) is 5.39. The predicted octanol–water partition coefficient (Wildman–Crippen LogP) is 3.66. The van der Waals surface area contributed by atoms with Crippen LogP contribution in [0, 0.1) is 5.92 Å². The lowest BCUT2D eigenvalue weighted by Gasteiger charge is -2.34. The van der Waals surface area contributed by atoms with Crippen molar-refractivity contribution in [3.63, 3.8) is 0 Å². The van der Waals surface area contributed by atoms with E-state index in [1.54, 1.807) is 12.4 Å². The molecule has 0 spiro atoms. The highest BCUT2D eigenvalue weighted by atomic mass is 16.7. The average Bonchev–Trinajstić information content (AvgIpc) is 3.31. The second-order valence-electron chi connectivity index (χ2n) is 7.76. The number of aromatic nitrogens is 2. The number of anilines is 2. The minimum Gasteiger partial charge on any atom is -0.454 e. The molecule has 1 fully saturated rings. The van der Waals surface area contributed by atoms with Crippen LogP contribution >= 0.6 is 0 Å². The van der Waals surface area contributed by atoms with Gasteiger partial charge in [-0.25, -0.2) is 9.97 Å². The molecule has 7 nitrogen and oxygen atoms in total. The Bertz CT molecular complexity index is 1040. The molecule has 3 heterocycles. The third kappa shape index (κ3) is 4.17. The Morgan fingerprint density at radius 3 is 2.48 bits per heavy atom. The second kappa shape index (κ2) is 8.63. The number of para-hydroxylation sites is 1. The maximum Gasteiger partial charge on any atom is 0.231 e. The number of carbonyl (C=O) groups excluding carboxylic acids is 1. The largest absolute Gasteiger partial charge is 0.454 e. The van der Waals surface area contributed by atoms with E-state index in [0.29, 0.717) is 6.54 Å². The van der Waals surface area contributed by atoms with Gasteiger partial charge in [-0.1, -0.05) is 24.3 Å². The molecule has 0 bridgehead atoms. The fraction of sp³-hybridized carbons (Fsp3) is 0.292. The van der Waals surface area contributed by atoms with Gasteiger partial charge >= 0.3 is 0 Å². The van der Waals surface area contributed by atoms with Gasteiger partial charge in [0.1, 0.15) is 0 Å². The Balaban J connectivity index is 1.33. The first kappa shape index (κ1) is 19.4. The van der Waals surface area contributed by atoms with Crippen LogP contribution in [0.1, 0.15) is 18.4 Å². The van der Waals surface area contributed by atoms with Crippen molar-refractivity contribution in [2.24, 2.45) is 5.92 Å². The molecule has 3 aromatic rings. The number of nitrogens with zero attached hydrogens (tertiary/aromatic N) is 4. The van der Waals surface area contributed by atoms with Crippen molar-refractivity contribution in [2.75, 3.05) is 29.7 Å². The molecule has 2 aliphatic rings. The average molecular weight is 416 g/mol. The van der Waals surface area contributed by atoms with Crippen LogP contribution in [0.25, 0.3) is 0 Å². The lowest BCUT2D eigenvalue weighted by molar-refractivity contribution is -0.123. The number of hydrogen-bond acceptors (Lipinski definition) is 6. The first-order valence-corrected chi connectivity index (χ1v) is 10.5.